The van der Waals surface area contributed by atoms with Crippen LogP contribution in [0.3, 0.4) is 0 Å². The third kappa shape index (κ3) is 2.90. The molecule has 0 bridgehead atoms. The van der Waals surface area contributed by atoms with Crippen molar-refractivity contribution in [2.45, 2.75) is 6.61 Å². The van der Waals surface area contributed by atoms with E-state index < -0.39 is 11.6 Å². The van der Waals surface area contributed by atoms with Gasteiger partial charge in [-0.2, -0.15) is 0 Å². The molecule has 18 heavy (non-hydrogen) atoms. The molecule has 0 aliphatic carbocycles. The van der Waals surface area contributed by atoms with Crippen molar-refractivity contribution in [2.24, 2.45) is 0 Å². The predicted molar refractivity (Wildman–Crippen MR) is 66.6 cm³/mol. The van der Waals surface area contributed by atoms with Gasteiger partial charge >= 0.3 is 0 Å². The number of nitrogen functional groups attached to an aromatic ring is 1. The molecule has 2 N–H and O–H groups in total. The minimum absolute atomic E-state index is 0.0237. The summed E-state index contributed by atoms with van der Waals surface area (Å²) < 4.78 is 32.0. The molecule has 0 aliphatic heterocycles. The molecule has 2 rings (SSSR count). The largest absolute Gasteiger partial charge is 0.486 e. The van der Waals surface area contributed by atoms with E-state index in [4.69, 9.17) is 22.1 Å². The lowest BCUT2D eigenvalue weighted by atomic mass is 10.2. The summed E-state index contributed by atoms with van der Waals surface area (Å²) >= 11 is 5.61. The van der Waals surface area contributed by atoms with Crippen LogP contribution in [0.2, 0.25) is 5.02 Å². The molecule has 5 heteroatoms. The zero-order valence-corrected chi connectivity index (χ0v) is 10.0. The second kappa shape index (κ2) is 5.23. The summed E-state index contributed by atoms with van der Waals surface area (Å²) in [5.74, 6) is -1.04. The minimum atomic E-state index is -0.585. The minimum Gasteiger partial charge on any atom is -0.486 e. The highest BCUT2D eigenvalue weighted by molar-refractivity contribution is 6.30. The summed E-state index contributed by atoms with van der Waals surface area (Å²) in [5, 5.41) is 0.276. The number of anilines is 1. The lowest BCUT2D eigenvalue weighted by Gasteiger charge is -2.08. The second-order valence-electron chi connectivity index (χ2n) is 3.71. The van der Waals surface area contributed by atoms with Gasteiger partial charge in [-0.05, 0) is 30.3 Å². The highest BCUT2D eigenvalue weighted by Crippen LogP contribution is 2.22. The van der Waals surface area contributed by atoms with Gasteiger partial charge in [0.05, 0.1) is 0 Å². The summed E-state index contributed by atoms with van der Waals surface area (Å²) in [6.45, 7) is -0.0787. The standard InChI is InChI=1S/C13H10ClF2NO/c14-9-2-4-13(12(16)5-9)18-7-8-1-3-10(17)6-11(8)15/h1-6H,7,17H2. The third-order valence-electron chi connectivity index (χ3n) is 2.35. The Kier molecular flexibility index (Phi) is 3.67. The number of nitrogens with two attached hydrogens (primary N) is 1. The fraction of sp³-hybridized carbons (Fsp3) is 0.0769. The first-order valence-corrected chi connectivity index (χ1v) is 5.56. The lowest BCUT2D eigenvalue weighted by molar-refractivity contribution is 0.285. The van der Waals surface area contributed by atoms with Gasteiger partial charge in [-0.1, -0.05) is 17.7 Å². The number of halogens is 3. The van der Waals surface area contributed by atoms with Crippen LogP contribution in [-0.2, 0) is 6.61 Å². The van der Waals surface area contributed by atoms with E-state index in [2.05, 4.69) is 0 Å². The molecule has 0 aromatic heterocycles. The first-order chi connectivity index (χ1) is 8.56. The maximum absolute atomic E-state index is 13.4. The Morgan fingerprint density at radius 2 is 1.83 bits per heavy atom. The van der Waals surface area contributed by atoms with Crippen molar-refractivity contribution < 1.29 is 13.5 Å². The highest BCUT2D eigenvalue weighted by Gasteiger charge is 2.07. The van der Waals surface area contributed by atoms with Gasteiger partial charge in [0.1, 0.15) is 12.4 Å². The van der Waals surface area contributed by atoms with Crippen LogP contribution in [0.1, 0.15) is 5.56 Å². The molecule has 2 nitrogen and oxygen atoms in total. The smallest absolute Gasteiger partial charge is 0.166 e. The van der Waals surface area contributed by atoms with Crippen LogP contribution in [-0.4, -0.2) is 0 Å². The monoisotopic (exact) mass is 269 g/mol. The summed E-state index contributed by atoms with van der Waals surface area (Å²) in [5.41, 5.74) is 6.05. The van der Waals surface area contributed by atoms with Crippen LogP contribution in [0, 0.1) is 11.6 Å². The number of hydrogen-bond acceptors (Lipinski definition) is 2. The molecule has 2 aromatic rings. The van der Waals surface area contributed by atoms with Gasteiger partial charge in [0.15, 0.2) is 11.6 Å². The van der Waals surface area contributed by atoms with E-state index in [1.807, 2.05) is 0 Å². The van der Waals surface area contributed by atoms with E-state index in [9.17, 15) is 8.78 Å². The molecule has 0 spiro atoms. The molecule has 0 amide bonds. The Bertz CT molecular complexity index is 523. The van der Waals surface area contributed by atoms with Gasteiger partial charge in [-0.3, -0.25) is 0 Å². The van der Waals surface area contributed by atoms with Crippen LogP contribution in [0.25, 0.3) is 0 Å². The van der Waals surface area contributed by atoms with Crippen molar-refractivity contribution in [3.8, 4) is 5.75 Å². The molecule has 0 saturated heterocycles. The van der Waals surface area contributed by atoms with Crippen LogP contribution in [0.4, 0.5) is 14.5 Å². The Hall–Kier alpha value is -1.81. The Morgan fingerprint density at radius 3 is 2.50 bits per heavy atom. The van der Waals surface area contributed by atoms with Gasteiger partial charge in [0, 0.05) is 16.3 Å². The first-order valence-electron chi connectivity index (χ1n) is 5.18. The van der Waals surface area contributed by atoms with E-state index in [1.54, 1.807) is 6.07 Å². The third-order valence-corrected chi connectivity index (χ3v) is 2.59. The van der Waals surface area contributed by atoms with Gasteiger partial charge in [0.2, 0.25) is 0 Å². The molecule has 2 aromatic carbocycles. The van der Waals surface area contributed by atoms with Gasteiger partial charge in [-0.15, -0.1) is 0 Å². The topological polar surface area (TPSA) is 35.2 Å². The molecule has 0 atom stereocenters. The fourth-order valence-electron chi connectivity index (χ4n) is 1.43. The normalized spacial score (nSPS) is 10.4. The SMILES string of the molecule is Nc1ccc(COc2ccc(Cl)cc2F)c(F)c1. The van der Waals surface area contributed by atoms with Crippen molar-refractivity contribution in [2.75, 3.05) is 5.73 Å². The van der Waals surface area contributed by atoms with Crippen LogP contribution < -0.4 is 10.5 Å². The van der Waals surface area contributed by atoms with Crippen LogP contribution in [0.15, 0.2) is 36.4 Å². The highest BCUT2D eigenvalue weighted by atomic mass is 35.5. The van der Waals surface area contributed by atoms with E-state index >= 15 is 0 Å². The van der Waals surface area contributed by atoms with Gasteiger partial charge < -0.3 is 10.5 Å². The molecule has 0 aliphatic rings. The maximum atomic E-state index is 13.4. The van der Waals surface area contributed by atoms with Crippen molar-refractivity contribution in [3.63, 3.8) is 0 Å². The average molecular weight is 270 g/mol. The van der Waals surface area contributed by atoms with E-state index in [-0.39, 0.29) is 17.4 Å². The summed E-state index contributed by atoms with van der Waals surface area (Å²) in [7, 11) is 0. The molecular weight excluding hydrogens is 260 g/mol. The molecule has 0 heterocycles. The predicted octanol–water partition coefficient (Wildman–Crippen LogP) is 3.78. The Labute approximate surface area is 108 Å². The van der Waals surface area contributed by atoms with Crippen molar-refractivity contribution in [1.82, 2.24) is 0 Å². The maximum Gasteiger partial charge on any atom is 0.166 e. The average Bonchev–Trinajstić information content (AvgIpc) is 2.30. The second-order valence-corrected chi connectivity index (χ2v) is 4.15. The molecule has 0 radical (unpaired) electrons. The summed E-state index contributed by atoms with van der Waals surface area (Å²) in [6.07, 6.45) is 0. The van der Waals surface area contributed by atoms with E-state index in [0.29, 0.717) is 11.3 Å². The molecule has 0 unspecified atom stereocenters. The fourth-order valence-corrected chi connectivity index (χ4v) is 1.59. The van der Waals surface area contributed by atoms with Crippen LogP contribution in [0.5, 0.6) is 5.75 Å². The molecular formula is C13H10ClF2NO. The zero-order valence-electron chi connectivity index (χ0n) is 9.29. The number of ether oxygens (including phenoxy) is 1. The first kappa shape index (κ1) is 12.6. The van der Waals surface area contributed by atoms with Crippen LogP contribution >= 0.6 is 11.6 Å². The quantitative estimate of drug-likeness (QED) is 0.861. The Balaban J connectivity index is 2.11. The van der Waals surface area contributed by atoms with Crippen molar-refractivity contribution >= 4 is 17.3 Å². The number of benzene rings is 2. The molecule has 0 saturated carbocycles. The van der Waals surface area contributed by atoms with Gasteiger partial charge in [-0.25, -0.2) is 8.78 Å². The summed E-state index contributed by atoms with van der Waals surface area (Å²) in [6, 6.07) is 8.28. The van der Waals surface area contributed by atoms with Gasteiger partial charge in [0.25, 0.3) is 0 Å². The molecule has 94 valence electrons. The lowest BCUT2D eigenvalue weighted by Crippen LogP contribution is -2.00. The van der Waals surface area contributed by atoms with E-state index in [0.717, 1.165) is 6.07 Å². The Morgan fingerprint density at radius 1 is 1.06 bits per heavy atom. The van der Waals surface area contributed by atoms with E-state index in [1.165, 1.54) is 24.3 Å². The number of rotatable bonds is 3. The molecule has 0 fully saturated rings. The summed E-state index contributed by atoms with van der Waals surface area (Å²) in [4.78, 5) is 0. The van der Waals surface area contributed by atoms with Crippen molar-refractivity contribution in [1.29, 1.82) is 0 Å². The number of hydrogen-bond donors (Lipinski definition) is 1. The zero-order chi connectivity index (χ0) is 13.1. The van der Waals surface area contributed by atoms with Crippen molar-refractivity contribution in [3.05, 3.63) is 58.6 Å².